The van der Waals surface area contributed by atoms with E-state index in [-0.39, 0.29) is 0 Å². The molecule has 0 radical (unpaired) electrons. The van der Waals surface area contributed by atoms with Crippen molar-refractivity contribution in [2.75, 3.05) is 6.54 Å². The molecular formula is C19H31N. The van der Waals surface area contributed by atoms with Gasteiger partial charge in [-0.2, -0.15) is 0 Å². The van der Waals surface area contributed by atoms with Crippen LogP contribution >= 0.6 is 0 Å². The molecule has 1 aliphatic rings. The van der Waals surface area contributed by atoms with Crippen molar-refractivity contribution in [3.05, 3.63) is 35.4 Å². The fourth-order valence-electron chi connectivity index (χ4n) is 3.98. The van der Waals surface area contributed by atoms with Crippen molar-refractivity contribution in [1.29, 1.82) is 0 Å². The zero-order chi connectivity index (χ0) is 14.4. The van der Waals surface area contributed by atoms with Gasteiger partial charge in [0.05, 0.1) is 0 Å². The van der Waals surface area contributed by atoms with Crippen molar-refractivity contribution in [2.45, 2.75) is 71.8 Å². The predicted molar refractivity (Wildman–Crippen MR) is 88.0 cm³/mol. The molecule has 0 amide bonds. The molecule has 112 valence electrons. The van der Waals surface area contributed by atoms with Gasteiger partial charge in [-0.1, -0.05) is 64.3 Å². The maximum Gasteiger partial charge on any atom is 0.0376 e. The van der Waals surface area contributed by atoms with Gasteiger partial charge in [-0.05, 0) is 48.8 Å². The van der Waals surface area contributed by atoms with Gasteiger partial charge in [-0.3, -0.25) is 0 Å². The van der Waals surface area contributed by atoms with Gasteiger partial charge in [-0.25, -0.2) is 0 Å². The lowest BCUT2D eigenvalue weighted by Gasteiger charge is -2.38. The van der Waals surface area contributed by atoms with E-state index in [1.54, 1.807) is 0 Å². The Morgan fingerprint density at radius 3 is 2.20 bits per heavy atom. The summed E-state index contributed by atoms with van der Waals surface area (Å²) in [6.07, 6.45) is 9.31. The molecule has 1 nitrogen and oxygen atoms in total. The van der Waals surface area contributed by atoms with Gasteiger partial charge in [0, 0.05) is 6.04 Å². The van der Waals surface area contributed by atoms with E-state index < -0.39 is 0 Å². The summed E-state index contributed by atoms with van der Waals surface area (Å²) in [5.41, 5.74) is 3.46. The minimum atomic E-state index is 0.488. The van der Waals surface area contributed by atoms with Gasteiger partial charge < -0.3 is 5.32 Å². The lowest BCUT2D eigenvalue weighted by molar-refractivity contribution is 0.189. The zero-order valence-electron chi connectivity index (χ0n) is 13.5. The Hall–Kier alpha value is -0.820. The quantitative estimate of drug-likeness (QED) is 0.714. The highest BCUT2D eigenvalue weighted by Crippen LogP contribution is 2.50. The lowest BCUT2D eigenvalue weighted by atomic mass is 9.73. The van der Waals surface area contributed by atoms with Crippen molar-refractivity contribution in [3.8, 4) is 0 Å². The van der Waals surface area contributed by atoms with Crippen LogP contribution in [0.25, 0.3) is 0 Å². The monoisotopic (exact) mass is 273 g/mol. The fourth-order valence-corrected chi connectivity index (χ4v) is 3.98. The van der Waals surface area contributed by atoms with Crippen molar-refractivity contribution in [2.24, 2.45) is 5.41 Å². The normalized spacial score (nSPS) is 19.1. The summed E-state index contributed by atoms with van der Waals surface area (Å²) in [7, 11) is 0. The van der Waals surface area contributed by atoms with Crippen molar-refractivity contribution in [3.63, 3.8) is 0 Å². The van der Waals surface area contributed by atoms with Gasteiger partial charge >= 0.3 is 0 Å². The molecule has 1 unspecified atom stereocenters. The summed E-state index contributed by atoms with van der Waals surface area (Å²) in [4.78, 5) is 0. The number of aryl methyl sites for hydroxylation is 1. The van der Waals surface area contributed by atoms with Crippen LogP contribution in [0.5, 0.6) is 0 Å². The Balaban J connectivity index is 2.23. The smallest absolute Gasteiger partial charge is 0.0376 e. The van der Waals surface area contributed by atoms with Crippen LogP contribution in [-0.2, 0) is 6.42 Å². The maximum absolute atomic E-state index is 3.78. The van der Waals surface area contributed by atoms with Gasteiger partial charge in [0.2, 0.25) is 0 Å². The Morgan fingerprint density at radius 2 is 1.70 bits per heavy atom. The second-order valence-corrected chi connectivity index (χ2v) is 6.41. The van der Waals surface area contributed by atoms with E-state index in [0.29, 0.717) is 11.5 Å². The molecule has 0 aliphatic heterocycles. The first-order valence-electron chi connectivity index (χ1n) is 8.58. The van der Waals surface area contributed by atoms with Crippen LogP contribution in [0.15, 0.2) is 24.3 Å². The van der Waals surface area contributed by atoms with E-state index >= 15 is 0 Å². The molecule has 1 aromatic rings. The minimum Gasteiger partial charge on any atom is -0.310 e. The van der Waals surface area contributed by atoms with Crippen LogP contribution in [0.3, 0.4) is 0 Å². The van der Waals surface area contributed by atoms with E-state index in [9.17, 15) is 0 Å². The molecule has 1 fully saturated rings. The highest BCUT2D eigenvalue weighted by molar-refractivity contribution is 5.27. The van der Waals surface area contributed by atoms with E-state index in [2.05, 4.69) is 50.4 Å². The molecule has 1 atom stereocenters. The van der Waals surface area contributed by atoms with Gasteiger partial charge in [0.1, 0.15) is 0 Å². The average Bonchev–Trinajstić information content (AvgIpc) is 2.96. The molecule has 0 bridgehead atoms. The van der Waals surface area contributed by atoms with Crippen LogP contribution in [0, 0.1) is 5.41 Å². The van der Waals surface area contributed by atoms with Crippen LogP contribution in [0.4, 0.5) is 0 Å². The molecule has 20 heavy (non-hydrogen) atoms. The van der Waals surface area contributed by atoms with E-state index in [0.717, 1.165) is 6.54 Å². The van der Waals surface area contributed by atoms with Crippen LogP contribution in [0.1, 0.15) is 76.5 Å². The Bertz CT molecular complexity index is 387. The highest BCUT2D eigenvalue weighted by atomic mass is 14.9. The Labute approximate surface area is 125 Å². The molecule has 0 aromatic heterocycles. The second kappa shape index (κ2) is 7.26. The van der Waals surface area contributed by atoms with Crippen molar-refractivity contribution < 1.29 is 0 Å². The maximum atomic E-state index is 3.78. The Morgan fingerprint density at radius 1 is 1.05 bits per heavy atom. The number of rotatable bonds is 7. The van der Waals surface area contributed by atoms with Gasteiger partial charge in [0.25, 0.3) is 0 Å². The first-order chi connectivity index (χ1) is 9.75. The highest BCUT2D eigenvalue weighted by Gasteiger charge is 2.39. The molecule has 1 N–H and O–H groups in total. The molecular weight excluding hydrogens is 242 g/mol. The first kappa shape index (κ1) is 15.6. The molecule has 0 heterocycles. The molecule has 1 aromatic carbocycles. The third-order valence-corrected chi connectivity index (χ3v) is 5.18. The molecule has 0 saturated heterocycles. The lowest BCUT2D eigenvalue weighted by Crippen LogP contribution is -2.36. The molecule has 1 saturated carbocycles. The summed E-state index contributed by atoms with van der Waals surface area (Å²) >= 11 is 0. The molecule has 2 rings (SSSR count). The van der Waals surface area contributed by atoms with Crippen LogP contribution in [-0.4, -0.2) is 6.54 Å². The van der Waals surface area contributed by atoms with Crippen molar-refractivity contribution >= 4 is 0 Å². The average molecular weight is 273 g/mol. The van der Waals surface area contributed by atoms with E-state index in [4.69, 9.17) is 0 Å². The van der Waals surface area contributed by atoms with Crippen LogP contribution in [0.2, 0.25) is 0 Å². The SMILES string of the molecule is CCCc1ccc(C(NCC)C2(CC)CCCC2)cc1. The van der Waals surface area contributed by atoms with Crippen molar-refractivity contribution in [1.82, 2.24) is 5.32 Å². The number of benzene rings is 1. The summed E-state index contributed by atoms with van der Waals surface area (Å²) in [5.74, 6) is 0. The van der Waals surface area contributed by atoms with Gasteiger partial charge in [0.15, 0.2) is 0 Å². The number of hydrogen-bond donors (Lipinski definition) is 1. The standard InChI is InChI=1S/C19H31N/c1-4-9-16-10-12-17(13-11-16)18(20-6-3)19(5-2)14-7-8-15-19/h10-13,18,20H,4-9,14-15H2,1-3H3. The summed E-state index contributed by atoms with van der Waals surface area (Å²) in [6.45, 7) is 7.92. The number of hydrogen-bond acceptors (Lipinski definition) is 1. The fraction of sp³-hybridized carbons (Fsp3) is 0.684. The number of nitrogens with one attached hydrogen (secondary N) is 1. The van der Waals surface area contributed by atoms with E-state index in [1.165, 1.54) is 56.1 Å². The molecule has 0 spiro atoms. The topological polar surface area (TPSA) is 12.0 Å². The third kappa shape index (κ3) is 3.25. The predicted octanol–water partition coefficient (Wildman–Crippen LogP) is 5.26. The zero-order valence-corrected chi connectivity index (χ0v) is 13.5. The summed E-state index contributed by atoms with van der Waals surface area (Å²) in [5, 5.41) is 3.78. The first-order valence-corrected chi connectivity index (χ1v) is 8.58. The van der Waals surface area contributed by atoms with Crippen LogP contribution < -0.4 is 5.32 Å². The van der Waals surface area contributed by atoms with E-state index in [1.807, 2.05) is 0 Å². The van der Waals surface area contributed by atoms with Gasteiger partial charge in [-0.15, -0.1) is 0 Å². The second-order valence-electron chi connectivity index (χ2n) is 6.41. The summed E-state index contributed by atoms with van der Waals surface area (Å²) < 4.78 is 0. The molecule has 1 heteroatoms. The largest absolute Gasteiger partial charge is 0.310 e. The molecule has 1 aliphatic carbocycles. The third-order valence-electron chi connectivity index (χ3n) is 5.18. The summed E-state index contributed by atoms with van der Waals surface area (Å²) in [6, 6.07) is 9.95. The minimum absolute atomic E-state index is 0.488. The Kier molecular flexibility index (Phi) is 5.65.